The Kier molecular flexibility index (Phi) is 4.97. The molecule has 2 atom stereocenters. The highest BCUT2D eigenvalue weighted by molar-refractivity contribution is 7.89. The molecule has 1 aromatic rings. The number of hydrogen-bond acceptors (Lipinski definition) is 3. The zero-order valence-electron chi connectivity index (χ0n) is 11.2. The van der Waals surface area contributed by atoms with Crippen LogP contribution in [0.1, 0.15) is 19.8 Å². The van der Waals surface area contributed by atoms with Crippen molar-refractivity contribution >= 4 is 33.2 Å². The van der Waals surface area contributed by atoms with E-state index in [1.807, 2.05) is 6.92 Å². The minimum absolute atomic E-state index is 0.00587. The largest absolute Gasteiger partial charge is 0.328 e. The van der Waals surface area contributed by atoms with Crippen molar-refractivity contribution in [2.45, 2.75) is 30.7 Å². The smallest absolute Gasteiger partial charge is 0.246 e. The molecule has 0 unspecified atom stereocenters. The van der Waals surface area contributed by atoms with E-state index in [1.54, 1.807) is 6.07 Å². The van der Waals surface area contributed by atoms with E-state index in [1.165, 1.54) is 16.4 Å². The van der Waals surface area contributed by atoms with Crippen molar-refractivity contribution in [3.8, 4) is 0 Å². The summed E-state index contributed by atoms with van der Waals surface area (Å²) in [7, 11) is -3.68. The van der Waals surface area contributed by atoms with Gasteiger partial charge in [0.1, 0.15) is 4.90 Å². The summed E-state index contributed by atoms with van der Waals surface area (Å²) in [6.07, 6.45) is 1.74. The average molecular weight is 337 g/mol. The molecule has 0 bridgehead atoms. The van der Waals surface area contributed by atoms with E-state index < -0.39 is 10.0 Å². The maximum atomic E-state index is 12.7. The number of hydrogen-bond donors (Lipinski definition) is 1. The van der Waals surface area contributed by atoms with Crippen molar-refractivity contribution in [1.82, 2.24) is 4.31 Å². The first-order valence-corrected chi connectivity index (χ1v) is 8.73. The molecule has 0 saturated carbocycles. The first-order chi connectivity index (χ1) is 9.34. The van der Waals surface area contributed by atoms with Gasteiger partial charge in [-0.15, -0.1) is 0 Å². The van der Waals surface area contributed by atoms with Crippen LogP contribution in [0.2, 0.25) is 10.0 Å². The molecule has 0 spiro atoms. The monoisotopic (exact) mass is 336 g/mol. The minimum Gasteiger partial charge on any atom is -0.328 e. The van der Waals surface area contributed by atoms with Crippen molar-refractivity contribution in [3.05, 3.63) is 28.2 Å². The molecule has 112 valence electrons. The van der Waals surface area contributed by atoms with Crippen LogP contribution in [0.25, 0.3) is 0 Å². The summed E-state index contributed by atoms with van der Waals surface area (Å²) in [5.41, 5.74) is 5.90. The molecular weight excluding hydrogens is 319 g/mol. The average Bonchev–Trinajstić information content (AvgIpc) is 2.38. The van der Waals surface area contributed by atoms with Gasteiger partial charge in [0.2, 0.25) is 10.0 Å². The Bertz CT molecular complexity index is 570. The molecule has 0 radical (unpaired) electrons. The van der Waals surface area contributed by atoms with Gasteiger partial charge in [-0.2, -0.15) is 4.31 Å². The lowest BCUT2D eigenvalue weighted by atomic mass is 9.93. The Balaban J connectivity index is 2.35. The van der Waals surface area contributed by atoms with E-state index in [4.69, 9.17) is 28.9 Å². The minimum atomic E-state index is -3.68. The summed E-state index contributed by atoms with van der Waals surface area (Å²) >= 11 is 12.0. The van der Waals surface area contributed by atoms with E-state index >= 15 is 0 Å². The maximum absolute atomic E-state index is 12.7. The lowest BCUT2D eigenvalue weighted by molar-refractivity contribution is 0.243. The van der Waals surface area contributed by atoms with E-state index in [9.17, 15) is 8.42 Å². The molecule has 20 heavy (non-hydrogen) atoms. The van der Waals surface area contributed by atoms with Gasteiger partial charge in [0, 0.05) is 19.1 Å². The van der Waals surface area contributed by atoms with Crippen LogP contribution in [0.15, 0.2) is 23.1 Å². The van der Waals surface area contributed by atoms with Crippen molar-refractivity contribution < 1.29 is 8.42 Å². The fourth-order valence-corrected chi connectivity index (χ4v) is 5.11. The van der Waals surface area contributed by atoms with Crippen molar-refractivity contribution in [2.24, 2.45) is 11.7 Å². The molecule has 4 nitrogen and oxygen atoms in total. The maximum Gasteiger partial charge on any atom is 0.246 e. The second-order valence-corrected chi connectivity index (χ2v) is 7.86. The molecule has 7 heteroatoms. The van der Waals surface area contributed by atoms with Crippen LogP contribution in [0, 0.1) is 5.92 Å². The van der Waals surface area contributed by atoms with Gasteiger partial charge in [-0.1, -0.05) is 29.3 Å². The zero-order chi connectivity index (χ0) is 14.9. The van der Waals surface area contributed by atoms with Gasteiger partial charge < -0.3 is 5.73 Å². The fourth-order valence-electron chi connectivity index (χ4n) is 2.48. The number of nitrogens with zero attached hydrogens (tertiary/aromatic N) is 1. The quantitative estimate of drug-likeness (QED) is 0.922. The van der Waals surface area contributed by atoms with Crippen molar-refractivity contribution in [1.29, 1.82) is 0 Å². The number of halogens is 2. The predicted octanol–water partition coefficient (Wildman–Crippen LogP) is 2.74. The van der Waals surface area contributed by atoms with Gasteiger partial charge in [0.15, 0.2) is 0 Å². The number of benzene rings is 1. The fraction of sp³-hybridized carbons (Fsp3) is 0.538. The molecule has 1 fully saturated rings. The molecule has 1 heterocycles. The van der Waals surface area contributed by atoms with E-state index in [-0.39, 0.29) is 26.9 Å². The molecule has 1 aliphatic heterocycles. The number of nitrogens with two attached hydrogens (primary N) is 1. The van der Waals surface area contributed by atoms with Crippen molar-refractivity contribution in [3.63, 3.8) is 0 Å². The highest BCUT2D eigenvalue weighted by atomic mass is 35.5. The summed E-state index contributed by atoms with van der Waals surface area (Å²) in [5, 5.41) is 0.306. The Labute approximate surface area is 129 Å². The SMILES string of the molecule is C[C@H](N)[C@@H]1CCCN(S(=O)(=O)c2c(Cl)cccc2Cl)C1. The first-order valence-electron chi connectivity index (χ1n) is 6.53. The standard InChI is InChI=1S/C13H18Cl2N2O2S/c1-9(16)10-4-3-7-17(8-10)20(18,19)13-11(14)5-2-6-12(13)15/h2,5-6,9-10H,3-4,7-8,16H2,1H3/t9-,10+/m0/s1. The normalized spacial score (nSPS) is 22.7. The number of piperidine rings is 1. The highest BCUT2D eigenvalue weighted by Gasteiger charge is 2.34. The summed E-state index contributed by atoms with van der Waals surface area (Å²) in [4.78, 5) is -0.00587. The molecule has 1 saturated heterocycles. The molecule has 0 aliphatic carbocycles. The molecule has 2 N–H and O–H groups in total. The van der Waals surface area contributed by atoms with E-state index in [0.29, 0.717) is 13.1 Å². The van der Waals surface area contributed by atoms with E-state index in [0.717, 1.165) is 12.8 Å². The molecule has 0 amide bonds. The van der Waals surface area contributed by atoms with Crippen molar-refractivity contribution in [2.75, 3.05) is 13.1 Å². The number of sulfonamides is 1. The van der Waals surface area contributed by atoms with Gasteiger partial charge in [-0.05, 0) is 37.8 Å². The van der Waals surface area contributed by atoms with Crippen LogP contribution >= 0.6 is 23.2 Å². The Morgan fingerprint density at radius 1 is 1.35 bits per heavy atom. The second-order valence-electron chi connectivity index (χ2n) is 5.18. The van der Waals surface area contributed by atoms with Crippen LogP contribution in [-0.4, -0.2) is 31.9 Å². The van der Waals surface area contributed by atoms with E-state index in [2.05, 4.69) is 0 Å². The van der Waals surface area contributed by atoms with Crippen LogP contribution in [-0.2, 0) is 10.0 Å². The predicted molar refractivity (Wildman–Crippen MR) is 81.6 cm³/mol. The molecule has 2 rings (SSSR count). The Morgan fingerprint density at radius 2 is 1.95 bits per heavy atom. The summed E-state index contributed by atoms with van der Waals surface area (Å²) in [6.45, 7) is 2.80. The van der Waals surface area contributed by atoms with Gasteiger partial charge in [0.25, 0.3) is 0 Å². The summed E-state index contributed by atoms with van der Waals surface area (Å²) in [5.74, 6) is 0.166. The van der Waals surface area contributed by atoms with Gasteiger partial charge in [-0.3, -0.25) is 0 Å². The first kappa shape index (κ1) is 16.0. The summed E-state index contributed by atoms with van der Waals surface area (Å²) < 4.78 is 26.9. The summed E-state index contributed by atoms with van der Waals surface area (Å²) in [6, 6.07) is 4.67. The molecule has 1 aromatic carbocycles. The molecule has 1 aliphatic rings. The van der Waals surface area contributed by atoms with Crippen LogP contribution in [0.4, 0.5) is 0 Å². The second kappa shape index (κ2) is 6.20. The van der Waals surface area contributed by atoms with Gasteiger partial charge in [-0.25, -0.2) is 8.42 Å². The topological polar surface area (TPSA) is 63.4 Å². The van der Waals surface area contributed by atoms with Crippen LogP contribution < -0.4 is 5.73 Å². The number of rotatable bonds is 3. The Morgan fingerprint density at radius 3 is 2.50 bits per heavy atom. The highest BCUT2D eigenvalue weighted by Crippen LogP contribution is 2.33. The molecule has 0 aromatic heterocycles. The Hall–Kier alpha value is -0.330. The third kappa shape index (κ3) is 3.12. The lowest BCUT2D eigenvalue weighted by Gasteiger charge is -2.34. The third-order valence-corrected chi connectivity index (χ3v) is 6.50. The van der Waals surface area contributed by atoms with Gasteiger partial charge >= 0.3 is 0 Å². The third-order valence-electron chi connectivity index (χ3n) is 3.68. The van der Waals surface area contributed by atoms with Gasteiger partial charge in [0.05, 0.1) is 10.0 Å². The lowest BCUT2D eigenvalue weighted by Crippen LogP contribution is -2.45. The zero-order valence-corrected chi connectivity index (χ0v) is 13.5. The van der Waals surface area contributed by atoms with Crippen LogP contribution in [0.5, 0.6) is 0 Å². The molecular formula is C13H18Cl2N2O2S. The van der Waals surface area contributed by atoms with Crippen LogP contribution in [0.3, 0.4) is 0 Å².